The van der Waals surface area contributed by atoms with Crippen molar-refractivity contribution in [3.63, 3.8) is 0 Å². The van der Waals surface area contributed by atoms with E-state index in [0.717, 1.165) is 27.9 Å². The number of hydrogen-bond acceptors (Lipinski definition) is 5. The number of hydrogen-bond donors (Lipinski definition) is 1. The predicted octanol–water partition coefficient (Wildman–Crippen LogP) is 3.80. The highest BCUT2D eigenvalue weighted by Gasteiger charge is 2.17. The van der Waals surface area contributed by atoms with Crippen LogP contribution in [0, 0.1) is 0 Å². The van der Waals surface area contributed by atoms with E-state index in [1.165, 1.54) is 4.57 Å². The smallest absolute Gasteiger partial charge is 0.292 e. The zero-order valence-electron chi connectivity index (χ0n) is 18.5. The van der Waals surface area contributed by atoms with Crippen LogP contribution >= 0.6 is 0 Å². The highest BCUT2D eigenvalue weighted by molar-refractivity contribution is 5.95. The number of aromatic amines is 1. The standard InChI is InChI=1S/C26H22N6O2/c1-2-21-17-32(25(33)20-8-4-3-5-9-20)26(34)31(21)16-18-12-14-19(15-13-18)22-10-6-7-11-23(22)24-27-29-30-28-24/h3-15,17H,2,16H2,1H3,(H,27,28,29,30). The number of aryl methyl sites for hydroxylation is 1. The third-order valence-corrected chi connectivity index (χ3v) is 5.78. The Bertz CT molecular complexity index is 1480. The number of nitrogens with one attached hydrogen (secondary N) is 1. The van der Waals surface area contributed by atoms with Crippen molar-refractivity contribution >= 4 is 5.91 Å². The number of carbonyl (C=O) groups excluding carboxylic acids is 1. The minimum absolute atomic E-state index is 0.326. The lowest BCUT2D eigenvalue weighted by Crippen LogP contribution is -2.29. The fraction of sp³-hybridized carbons (Fsp3) is 0.115. The molecule has 0 fully saturated rings. The van der Waals surface area contributed by atoms with Gasteiger partial charge in [-0.1, -0.05) is 73.7 Å². The molecule has 0 atom stereocenters. The predicted molar refractivity (Wildman–Crippen MR) is 128 cm³/mol. The molecular weight excluding hydrogens is 428 g/mol. The van der Waals surface area contributed by atoms with Gasteiger partial charge in [0.2, 0.25) is 5.82 Å². The Kier molecular flexibility index (Phi) is 5.70. The van der Waals surface area contributed by atoms with Crippen molar-refractivity contribution in [3.8, 4) is 22.5 Å². The molecule has 0 radical (unpaired) electrons. The van der Waals surface area contributed by atoms with Gasteiger partial charge in [0.15, 0.2) is 0 Å². The van der Waals surface area contributed by atoms with Gasteiger partial charge in [-0.05, 0) is 40.5 Å². The zero-order valence-corrected chi connectivity index (χ0v) is 18.5. The Morgan fingerprint density at radius 1 is 0.912 bits per heavy atom. The molecule has 0 bridgehead atoms. The van der Waals surface area contributed by atoms with Crippen molar-refractivity contribution in [2.75, 3.05) is 0 Å². The summed E-state index contributed by atoms with van der Waals surface area (Å²) in [7, 11) is 0. The van der Waals surface area contributed by atoms with Gasteiger partial charge in [0.25, 0.3) is 5.91 Å². The van der Waals surface area contributed by atoms with Gasteiger partial charge in [-0.2, -0.15) is 5.21 Å². The molecule has 0 aliphatic heterocycles. The fourth-order valence-electron chi connectivity index (χ4n) is 4.02. The maximum absolute atomic E-state index is 13.1. The number of aromatic nitrogens is 6. The second kappa shape index (κ2) is 9.11. The summed E-state index contributed by atoms with van der Waals surface area (Å²) in [5, 5.41) is 14.3. The molecule has 0 aliphatic carbocycles. The third kappa shape index (κ3) is 3.97. The van der Waals surface area contributed by atoms with Crippen LogP contribution in [-0.4, -0.2) is 35.7 Å². The number of imidazole rings is 1. The molecule has 2 heterocycles. The lowest BCUT2D eigenvalue weighted by atomic mass is 9.98. The number of carbonyl (C=O) groups is 1. The average molecular weight is 451 g/mol. The maximum atomic E-state index is 13.1. The van der Waals surface area contributed by atoms with E-state index in [2.05, 4.69) is 20.6 Å². The van der Waals surface area contributed by atoms with E-state index in [9.17, 15) is 9.59 Å². The van der Waals surface area contributed by atoms with E-state index in [4.69, 9.17) is 0 Å². The number of benzene rings is 3. The molecule has 8 heteroatoms. The number of nitrogens with zero attached hydrogens (tertiary/aromatic N) is 5. The van der Waals surface area contributed by atoms with Crippen LogP contribution in [0.2, 0.25) is 0 Å². The molecule has 0 aliphatic rings. The first-order chi connectivity index (χ1) is 16.7. The van der Waals surface area contributed by atoms with Crippen LogP contribution in [0.1, 0.15) is 28.5 Å². The third-order valence-electron chi connectivity index (χ3n) is 5.78. The summed E-state index contributed by atoms with van der Waals surface area (Å²) >= 11 is 0. The molecule has 0 spiro atoms. The number of H-pyrrole nitrogens is 1. The van der Waals surface area contributed by atoms with Crippen molar-refractivity contribution in [2.45, 2.75) is 19.9 Å². The first kappa shape index (κ1) is 21.3. The molecule has 1 N–H and O–H groups in total. The molecule has 34 heavy (non-hydrogen) atoms. The van der Waals surface area contributed by atoms with Crippen molar-refractivity contribution in [1.29, 1.82) is 0 Å². The summed E-state index contributed by atoms with van der Waals surface area (Å²) in [6, 6.07) is 24.7. The molecule has 0 amide bonds. The van der Waals surface area contributed by atoms with Gasteiger partial charge >= 0.3 is 5.69 Å². The first-order valence-electron chi connectivity index (χ1n) is 11.0. The molecule has 0 saturated carbocycles. The van der Waals surface area contributed by atoms with E-state index >= 15 is 0 Å². The lowest BCUT2D eigenvalue weighted by molar-refractivity contribution is 0.0955. The van der Waals surface area contributed by atoms with Crippen LogP contribution in [0.3, 0.4) is 0 Å². The fourth-order valence-corrected chi connectivity index (χ4v) is 4.02. The summed E-state index contributed by atoms with van der Waals surface area (Å²) < 4.78 is 2.85. The van der Waals surface area contributed by atoms with Crippen molar-refractivity contribution in [3.05, 3.63) is 112 Å². The Morgan fingerprint density at radius 2 is 1.62 bits per heavy atom. The van der Waals surface area contributed by atoms with E-state index in [0.29, 0.717) is 24.4 Å². The van der Waals surface area contributed by atoms with Crippen LogP contribution in [0.25, 0.3) is 22.5 Å². The molecular formula is C26H22N6O2. The molecule has 0 saturated heterocycles. The monoisotopic (exact) mass is 450 g/mol. The average Bonchev–Trinajstić information content (AvgIpc) is 3.53. The second-order valence-electron chi connectivity index (χ2n) is 7.86. The molecule has 5 aromatic rings. The van der Waals surface area contributed by atoms with E-state index in [1.54, 1.807) is 35.0 Å². The van der Waals surface area contributed by atoms with Gasteiger partial charge in [0.05, 0.1) is 6.54 Å². The molecule has 2 aromatic heterocycles. The van der Waals surface area contributed by atoms with Crippen LogP contribution in [0.4, 0.5) is 0 Å². The quantitative estimate of drug-likeness (QED) is 0.424. The topological polar surface area (TPSA) is 98.5 Å². The molecule has 5 rings (SSSR count). The molecule has 168 valence electrons. The van der Waals surface area contributed by atoms with E-state index in [-0.39, 0.29) is 11.6 Å². The summed E-state index contributed by atoms with van der Waals surface area (Å²) in [5.74, 6) is 0.204. The lowest BCUT2D eigenvalue weighted by Gasteiger charge is -2.09. The minimum Gasteiger partial charge on any atom is -0.292 e. The maximum Gasteiger partial charge on any atom is 0.335 e. The Balaban J connectivity index is 1.44. The number of rotatable bonds is 6. The minimum atomic E-state index is -0.336. The number of tetrazole rings is 1. The van der Waals surface area contributed by atoms with Crippen LogP contribution in [-0.2, 0) is 13.0 Å². The summed E-state index contributed by atoms with van der Waals surface area (Å²) in [6.07, 6.45) is 2.29. The van der Waals surface area contributed by atoms with E-state index < -0.39 is 0 Å². The molecule has 8 nitrogen and oxygen atoms in total. The highest BCUT2D eigenvalue weighted by Crippen LogP contribution is 2.29. The largest absolute Gasteiger partial charge is 0.335 e. The Labute approximate surface area is 195 Å². The molecule has 3 aromatic carbocycles. The Morgan fingerprint density at radius 3 is 2.29 bits per heavy atom. The zero-order chi connectivity index (χ0) is 23.5. The van der Waals surface area contributed by atoms with Gasteiger partial charge in [-0.15, -0.1) is 10.2 Å². The van der Waals surface area contributed by atoms with Gasteiger partial charge < -0.3 is 0 Å². The normalized spacial score (nSPS) is 11.0. The molecule has 0 unspecified atom stereocenters. The summed E-state index contributed by atoms with van der Waals surface area (Å²) in [4.78, 5) is 26.0. The van der Waals surface area contributed by atoms with Crippen LogP contribution in [0.15, 0.2) is 89.9 Å². The second-order valence-corrected chi connectivity index (χ2v) is 7.86. The first-order valence-corrected chi connectivity index (χ1v) is 11.0. The van der Waals surface area contributed by atoms with Crippen LogP contribution < -0.4 is 5.69 Å². The summed E-state index contributed by atoms with van der Waals surface area (Å²) in [5.41, 5.74) is 4.78. The van der Waals surface area contributed by atoms with Gasteiger partial charge in [-0.25, -0.2) is 9.36 Å². The van der Waals surface area contributed by atoms with Crippen molar-refractivity contribution in [2.24, 2.45) is 0 Å². The highest BCUT2D eigenvalue weighted by atomic mass is 16.2. The van der Waals surface area contributed by atoms with Crippen molar-refractivity contribution < 1.29 is 4.79 Å². The SMILES string of the molecule is CCc1cn(C(=O)c2ccccc2)c(=O)n1Cc1ccc(-c2ccccc2-c2nn[nH]n2)cc1. The van der Waals surface area contributed by atoms with Crippen molar-refractivity contribution in [1.82, 2.24) is 29.8 Å². The van der Waals surface area contributed by atoms with Gasteiger partial charge in [0.1, 0.15) is 0 Å². The Hall–Kier alpha value is -4.59. The van der Waals surface area contributed by atoms with Crippen LogP contribution in [0.5, 0.6) is 0 Å². The van der Waals surface area contributed by atoms with E-state index in [1.807, 2.05) is 61.5 Å². The summed E-state index contributed by atoms with van der Waals surface area (Å²) in [6.45, 7) is 2.35. The van der Waals surface area contributed by atoms with Gasteiger partial charge in [-0.3, -0.25) is 9.36 Å². The van der Waals surface area contributed by atoms with Gasteiger partial charge in [0, 0.05) is 23.0 Å².